The minimum absolute atomic E-state index is 0.0999. The van der Waals surface area contributed by atoms with Gasteiger partial charge >= 0.3 is 0 Å². The summed E-state index contributed by atoms with van der Waals surface area (Å²) >= 11 is 0. The molecule has 3 aromatic heterocycles. The highest BCUT2D eigenvalue weighted by Crippen LogP contribution is 2.20. The maximum Gasteiger partial charge on any atom is 0.290 e. The Balaban J connectivity index is 1.53. The van der Waals surface area contributed by atoms with Gasteiger partial charge in [0.25, 0.3) is 5.91 Å². The van der Waals surface area contributed by atoms with E-state index in [0.29, 0.717) is 32.0 Å². The second-order valence-electron chi connectivity index (χ2n) is 6.56. The minimum Gasteiger partial charge on any atom is -0.459 e. The topological polar surface area (TPSA) is 60.5 Å². The van der Waals surface area contributed by atoms with Crippen LogP contribution >= 0.6 is 0 Å². The second kappa shape index (κ2) is 7.17. The van der Waals surface area contributed by atoms with E-state index >= 15 is 0 Å². The third-order valence-electron chi connectivity index (χ3n) is 4.65. The molecule has 134 valence electrons. The molecule has 26 heavy (non-hydrogen) atoms. The summed E-state index contributed by atoms with van der Waals surface area (Å²) < 4.78 is 13.7. The van der Waals surface area contributed by atoms with Crippen molar-refractivity contribution in [2.45, 2.75) is 32.7 Å². The lowest BCUT2D eigenvalue weighted by molar-refractivity contribution is 0.00964. The molecule has 6 heteroatoms. The summed E-state index contributed by atoms with van der Waals surface area (Å²) in [5, 5.41) is 0. The Kier molecular flexibility index (Phi) is 4.58. The standard InChI is InChI=1S/C20H21N3O3/c1-15-6-9-25-19(15)20(24)23-11-17-5-3-8-22(17)12-18(13-23)26-14-16-4-2-7-21-10-16/h2-10,18H,11-14H2,1H3. The molecule has 0 saturated carbocycles. The van der Waals surface area contributed by atoms with E-state index in [1.54, 1.807) is 23.6 Å². The summed E-state index contributed by atoms with van der Waals surface area (Å²) in [6, 6.07) is 9.73. The molecule has 0 aliphatic carbocycles. The predicted octanol–water partition coefficient (Wildman–Crippen LogP) is 3.03. The molecule has 1 amide bonds. The molecule has 0 fully saturated rings. The number of hydrogen-bond donors (Lipinski definition) is 0. The highest BCUT2D eigenvalue weighted by Gasteiger charge is 2.28. The van der Waals surface area contributed by atoms with Gasteiger partial charge in [0.05, 0.1) is 32.1 Å². The van der Waals surface area contributed by atoms with E-state index in [1.165, 1.54) is 0 Å². The zero-order chi connectivity index (χ0) is 17.9. The number of pyridine rings is 1. The van der Waals surface area contributed by atoms with Crippen LogP contribution in [0.15, 0.2) is 59.6 Å². The molecule has 1 unspecified atom stereocenters. The van der Waals surface area contributed by atoms with E-state index in [4.69, 9.17) is 9.15 Å². The number of fused-ring (bicyclic) bond motifs is 1. The Morgan fingerprint density at radius 3 is 3.00 bits per heavy atom. The van der Waals surface area contributed by atoms with Crippen molar-refractivity contribution in [2.75, 3.05) is 6.54 Å². The third-order valence-corrected chi connectivity index (χ3v) is 4.65. The van der Waals surface area contributed by atoms with Crippen molar-refractivity contribution in [3.63, 3.8) is 0 Å². The Labute approximate surface area is 152 Å². The van der Waals surface area contributed by atoms with Gasteiger partial charge in [-0.2, -0.15) is 0 Å². The van der Waals surface area contributed by atoms with Gasteiger partial charge in [-0.15, -0.1) is 0 Å². The normalized spacial score (nSPS) is 17.0. The van der Waals surface area contributed by atoms with Crippen LogP contribution in [0, 0.1) is 6.92 Å². The van der Waals surface area contributed by atoms with E-state index in [-0.39, 0.29) is 12.0 Å². The maximum absolute atomic E-state index is 12.9. The van der Waals surface area contributed by atoms with Crippen LogP contribution in [0.25, 0.3) is 0 Å². The first-order chi connectivity index (χ1) is 12.7. The van der Waals surface area contributed by atoms with Crippen molar-refractivity contribution >= 4 is 5.91 Å². The van der Waals surface area contributed by atoms with E-state index in [1.807, 2.05) is 43.5 Å². The number of rotatable bonds is 4. The van der Waals surface area contributed by atoms with Gasteiger partial charge < -0.3 is 18.6 Å². The number of hydrogen-bond acceptors (Lipinski definition) is 4. The quantitative estimate of drug-likeness (QED) is 0.725. The first-order valence-corrected chi connectivity index (χ1v) is 8.68. The number of carbonyl (C=O) groups is 1. The van der Waals surface area contributed by atoms with Crippen molar-refractivity contribution in [1.29, 1.82) is 0 Å². The number of furan rings is 1. The molecule has 0 aromatic carbocycles. The minimum atomic E-state index is -0.108. The summed E-state index contributed by atoms with van der Waals surface area (Å²) in [5.41, 5.74) is 2.96. The van der Waals surface area contributed by atoms with Gasteiger partial charge in [-0.3, -0.25) is 9.78 Å². The molecule has 0 radical (unpaired) electrons. The van der Waals surface area contributed by atoms with Crippen LogP contribution in [0.5, 0.6) is 0 Å². The summed E-state index contributed by atoms with van der Waals surface area (Å²) in [6.45, 7) is 4.12. The van der Waals surface area contributed by atoms with Crippen LogP contribution in [0.1, 0.15) is 27.4 Å². The Morgan fingerprint density at radius 2 is 2.23 bits per heavy atom. The van der Waals surface area contributed by atoms with E-state index in [9.17, 15) is 4.79 Å². The molecule has 0 bridgehead atoms. The first kappa shape index (κ1) is 16.6. The maximum atomic E-state index is 12.9. The van der Waals surface area contributed by atoms with Crippen molar-refractivity contribution in [2.24, 2.45) is 0 Å². The van der Waals surface area contributed by atoms with Crippen molar-refractivity contribution in [1.82, 2.24) is 14.5 Å². The fraction of sp³-hybridized carbons (Fsp3) is 0.300. The number of ether oxygens (including phenoxy) is 1. The fourth-order valence-corrected chi connectivity index (χ4v) is 3.25. The van der Waals surface area contributed by atoms with Crippen LogP contribution in [0.4, 0.5) is 0 Å². The van der Waals surface area contributed by atoms with Crippen LogP contribution in [-0.2, 0) is 24.4 Å². The van der Waals surface area contributed by atoms with Gasteiger partial charge in [-0.05, 0) is 36.8 Å². The van der Waals surface area contributed by atoms with Gasteiger partial charge in [0.2, 0.25) is 0 Å². The van der Waals surface area contributed by atoms with Gasteiger partial charge in [-0.1, -0.05) is 6.07 Å². The summed E-state index contributed by atoms with van der Waals surface area (Å²) in [6.07, 6.45) is 7.02. The molecule has 1 aliphatic heterocycles. The lowest BCUT2D eigenvalue weighted by atomic mass is 10.2. The van der Waals surface area contributed by atoms with Crippen LogP contribution < -0.4 is 0 Å². The summed E-state index contributed by atoms with van der Waals surface area (Å²) in [5.74, 6) is 0.299. The highest BCUT2D eigenvalue weighted by molar-refractivity contribution is 5.92. The zero-order valence-corrected chi connectivity index (χ0v) is 14.7. The summed E-state index contributed by atoms with van der Waals surface area (Å²) in [4.78, 5) is 18.9. The van der Waals surface area contributed by atoms with Gasteiger partial charge in [0.1, 0.15) is 0 Å². The third kappa shape index (κ3) is 3.41. The average Bonchev–Trinajstić information content (AvgIpc) is 3.24. The monoisotopic (exact) mass is 351 g/mol. The molecule has 3 aromatic rings. The average molecular weight is 351 g/mol. The Bertz CT molecular complexity index is 885. The molecule has 0 saturated heterocycles. The number of amides is 1. The molecule has 0 spiro atoms. The number of carbonyl (C=O) groups excluding carboxylic acids is 1. The lowest BCUT2D eigenvalue weighted by Gasteiger charge is -2.24. The SMILES string of the molecule is Cc1ccoc1C(=O)N1Cc2cccn2CC(OCc2cccnc2)C1. The second-order valence-corrected chi connectivity index (χ2v) is 6.56. The van der Waals surface area contributed by atoms with Crippen molar-refractivity contribution in [3.8, 4) is 0 Å². The fourth-order valence-electron chi connectivity index (χ4n) is 3.25. The summed E-state index contributed by atoms with van der Waals surface area (Å²) in [7, 11) is 0. The molecule has 1 atom stereocenters. The van der Waals surface area contributed by atoms with Gasteiger partial charge in [0.15, 0.2) is 5.76 Å². The van der Waals surface area contributed by atoms with Crippen LogP contribution in [0.2, 0.25) is 0 Å². The molecule has 0 N–H and O–H groups in total. The Hall–Kier alpha value is -2.86. The van der Waals surface area contributed by atoms with Crippen LogP contribution in [-0.4, -0.2) is 33.0 Å². The molecule has 1 aliphatic rings. The zero-order valence-electron chi connectivity index (χ0n) is 14.7. The Morgan fingerprint density at radius 1 is 1.31 bits per heavy atom. The molecule has 4 heterocycles. The smallest absolute Gasteiger partial charge is 0.290 e. The molecule has 4 rings (SSSR count). The molecular formula is C20H21N3O3. The predicted molar refractivity (Wildman–Crippen MR) is 95.4 cm³/mol. The number of aromatic nitrogens is 2. The van der Waals surface area contributed by atoms with Gasteiger partial charge in [-0.25, -0.2) is 0 Å². The number of aryl methyl sites for hydroxylation is 1. The number of nitrogens with zero attached hydrogens (tertiary/aromatic N) is 3. The molecule has 6 nitrogen and oxygen atoms in total. The molecular weight excluding hydrogens is 330 g/mol. The van der Waals surface area contributed by atoms with Crippen LogP contribution in [0.3, 0.4) is 0 Å². The van der Waals surface area contributed by atoms with Crippen molar-refractivity contribution < 1.29 is 13.9 Å². The van der Waals surface area contributed by atoms with Gasteiger partial charge in [0, 0.05) is 36.4 Å². The van der Waals surface area contributed by atoms with E-state index in [2.05, 4.69) is 9.55 Å². The van der Waals surface area contributed by atoms with Crippen molar-refractivity contribution in [3.05, 3.63) is 77.8 Å². The lowest BCUT2D eigenvalue weighted by Crippen LogP contribution is -2.37. The van der Waals surface area contributed by atoms with E-state index in [0.717, 1.165) is 16.8 Å². The van der Waals surface area contributed by atoms with E-state index < -0.39 is 0 Å². The largest absolute Gasteiger partial charge is 0.459 e. The highest BCUT2D eigenvalue weighted by atomic mass is 16.5. The first-order valence-electron chi connectivity index (χ1n) is 8.68.